The summed E-state index contributed by atoms with van der Waals surface area (Å²) in [6.45, 7) is 3.17. The summed E-state index contributed by atoms with van der Waals surface area (Å²) in [6, 6.07) is 15.8. The Bertz CT molecular complexity index is 817. The van der Waals surface area contributed by atoms with Gasteiger partial charge in [0.15, 0.2) is 5.82 Å². The van der Waals surface area contributed by atoms with Crippen molar-refractivity contribution >= 4 is 28.3 Å². The summed E-state index contributed by atoms with van der Waals surface area (Å²) in [5, 5.41) is 1.74. The van der Waals surface area contributed by atoms with E-state index in [4.69, 9.17) is 21.6 Å². The Hall–Kier alpha value is -2.13. The minimum absolute atomic E-state index is 0.671. The Morgan fingerprint density at radius 1 is 1.00 bits per heavy atom. The number of rotatable bonds is 5. The number of halogens is 1. The van der Waals surface area contributed by atoms with Crippen LogP contribution >= 0.6 is 11.6 Å². The van der Waals surface area contributed by atoms with Gasteiger partial charge in [-0.3, -0.25) is 0 Å². The van der Waals surface area contributed by atoms with E-state index >= 15 is 0 Å². The SMILES string of the molecule is CCCCN(C)c1nc(-c2ccccc2Cl)nc2ccccc12. The average molecular weight is 326 g/mol. The Balaban J connectivity index is 2.16. The number of para-hydroxylation sites is 1. The van der Waals surface area contributed by atoms with Crippen molar-refractivity contribution in [2.45, 2.75) is 19.8 Å². The molecule has 2 aromatic carbocycles. The molecular weight excluding hydrogens is 306 g/mol. The number of nitrogens with zero attached hydrogens (tertiary/aromatic N) is 3. The fourth-order valence-corrected chi connectivity index (χ4v) is 2.84. The molecule has 0 radical (unpaired) electrons. The first-order valence-corrected chi connectivity index (χ1v) is 8.31. The standard InChI is InChI=1S/C19H20ClN3/c1-3-4-13-23(2)19-15-10-6-8-12-17(15)21-18(22-19)14-9-5-7-11-16(14)20/h5-12H,3-4,13H2,1-2H3. The van der Waals surface area contributed by atoms with Crippen LogP contribution in [-0.2, 0) is 0 Å². The second-order valence-electron chi connectivity index (χ2n) is 5.64. The molecule has 3 nitrogen and oxygen atoms in total. The number of anilines is 1. The van der Waals surface area contributed by atoms with E-state index in [0.29, 0.717) is 10.8 Å². The quantitative estimate of drug-likeness (QED) is 0.646. The van der Waals surface area contributed by atoms with Crippen molar-refractivity contribution in [3.05, 3.63) is 53.6 Å². The average Bonchev–Trinajstić information content (AvgIpc) is 2.59. The van der Waals surface area contributed by atoms with Gasteiger partial charge in [-0.1, -0.05) is 49.2 Å². The molecule has 0 fully saturated rings. The number of benzene rings is 2. The van der Waals surface area contributed by atoms with Crippen LogP contribution in [0.2, 0.25) is 5.02 Å². The van der Waals surface area contributed by atoms with Gasteiger partial charge in [0.25, 0.3) is 0 Å². The number of hydrogen-bond donors (Lipinski definition) is 0. The van der Waals surface area contributed by atoms with Gasteiger partial charge in [-0.2, -0.15) is 0 Å². The number of unbranched alkanes of at least 4 members (excludes halogenated alkanes) is 1. The monoisotopic (exact) mass is 325 g/mol. The fourth-order valence-electron chi connectivity index (χ4n) is 2.62. The van der Waals surface area contributed by atoms with E-state index < -0.39 is 0 Å². The zero-order valence-electron chi connectivity index (χ0n) is 13.5. The van der Waals surface area contributed by atoms with E-state index in [1.54, 1.807) is 0 Å². The molecule has 0 aliphatic heterocycles. The Morgan fingerprint density at radius 2 is 1.74 bits per heavy atom. The lowest BCUT2D eigenvalue weighted by Crippen LogP contribution is -2.20. The number of fused-ring (bicyclic) bond motifs is 1. The third kappa shape index (κ3) is 3.30. The normalized spacial score (nSPS) is 10.9. The molecule has 0 N–H and O–H groups in total. The summed E-state index contributed by atoms with van der Waals surface area (Å²) < 4.78 is 0. The lowest BCUT2D eigenvalue weighted by atomic mass is 10.1. The summed E-state index contributed by atoms with van der Waals surface area (Å²) in [4.78, 5) is 11.7. The highest BCUT2D eigenvalue weighted by molar-refractivity contribution is 6.33. The van der Waals surface area contributed by atoms with Crippen molar-refractivity contribution in [2.75, 3.05) is 18.5 Å². The molecule has 0 spiro atoms. The predicted molar refractivity (Wildman–Crippen MR) is 98.2 cm³/mol. The number of aromatic nitrogens is 2. The van der Waals surface area contributed by atoms with Gasteiger partial charge in [-0.15, -0.1) is 0 Å². The highest BCUT2D eigenvalue weighted by atomic mass is 35.5. The zero-order valence-corrected chi connectivity index (χ0v) is 14.2. The van der Waals surface area contributed by atoms with Crippen molar-refractivity contribution in [3.63, 3.8) is 0 Å². The smallest absolute Gasteiger partial charge is 0.163 e. The highest BCUT2D eigenvalue weighted by Gasteiger charge is 2.13. The molecule has 0 saturated carbocycles. The van der Waals surface area contributed by atoms with Crippen molar-refractivity contribution in [2.24, 2.45) is 0 Å². The minimum atomic E-state index is 0.671. The summed E-state index contributed by atoms with van der Waals surface area (Å²) in [5.41, 5.74) is 1.81. The maximum absolute atomic E-state index is 6.33. The molecule has 1 heterocycles. The lowest BCUT2D eigenvalue weighted by molar-refractivity contribution is 0.761. The van der Waals surface area contributed by atoms with Crippen molar-refractivity contribution in [1.29, 1.82) is 0 Å². The molecule has 0 atom stereocenters. The summed E-state index contributed by atoms with van der Waals surface area (Å²) in [7, 11) is 2.08. The highest BCUT2D eigenvalue weighted by Crippen LogP contribution is 2.30. The summed E-state index contributed by atoms with van der Waals surface area (Å²) in [6.07, 6.45) is 2.29. The van der Waals surface area contributed by atoms with Gasteiger partial charge in [-0.25, -0.2) is 9.97 Å². The van der Waals surface area contributed by atoms with Crippen LogP contribution in [0.15, 0.2) is 48.5 Å². The minimum Gasteiger partial charge on any atom is -0.359 e. The molecule has 0 unspecified atom stereocenters. The fraction of sp³-hybridized carbons (Fsp3) is 0.263. The van der Waals surface area contributed by atoms with Gasteiger partial charge in [-0.05, 0) is 30.7 Å². The molecule has 4 heteroatoms. The van der Waals surface area contributed by atoms with Gasteiger partial charge in [0.1, 0.15) is 5.82 Å². The van der Waals surface area contributed by atoms with E-state index in [1.165, 1.54) is 0 Å². The first kappa shape index (κ1) is 15.8. The van der Waals surface area contributed by atoms with Crippen molar-refractivity contribution < 1.29 is 0 Å². The topological polar surface area (TPSA) is 29.0 Å². The second kappa shape index (κ2) is 6.97. The van der Waals surface area contributed by atoms with Gasteiger partial charge < -0.3 is 4.90 Å². The Labute approximate surface area is 141 Å². The Kier molecular flexibility index (Phi) is 4.77. The first-order chi connectivity index (χ1) is 11.2. The van der Waals surface area contributed by atoms with E-state index in [2.05, 4.69) is 24.9 Å². The van der Waals surface area contributed by atoms with E-state index in [9.17, 15) is 0 Å². The lowest BCUT2D eigenvalue weighted by Gasteiger charge is -2.20. The van der Waals surface area contributed by atoms with Gasteiger partial charge in [0.05, 0.1) is 10.5 Å². The van der Waals surface area contributed by atoms with Crippen LogP contribution in [0.4, 0.5) is 5.82 Å². The molecule has 0 aliphatic carbocycles. The molecule has 0 bridgehead atoms. The van der Waals surface area contributed by atoms with Crippen LogP contribution in [-0.4, -0.2) is 23.6 Å². The molecule has 0 amide bonds. The van der Waals surface area contributed by atoms with E-state index in [-0.39, 0.29) is 0 Å². The Morgan fingerprint density at radius 3 is 2.52 bits per heavy atom. The number of hydrogen-bond acceptors (Lipinski definition) is 3. The van der Waals surface area contributed by atoms with Crippen LogP contribution in [0, 0.1) is 0 Å². The third-order valence-corrected chi connectivity index (χ3v) is 4.24. The van der Waals surface area contributed by atoms with E-state index in [0.717, 1.165) is 41.7 Å². The van der Waals surface area contributed by atoms with Crippen molar-refractivity contribution in [3.8, 4) is 11.4 Å². The summed E-state index contributed by atoms with van der Waals surface area (Å²) in [5.74, 6) is 1.63. The third-order valence-electron chi connectivity index (χ3n) is 3.91. The van der Waals surface area contributed by atoms with Gasteiger partial charge in [0, 0.05) is 24.5 Å². The first-order valence-electron chi connectivity index (χ1n) is 7.93. The molecule has 118 valence electrons. The molecule has 23 heavy (non-hydrogen) atoms. The molecule has 1 aromatic heterocycles. The van der Waals surface area contributed by atoms with Gasteiger partial charge in [0.2, 0.25) is 0 Å². The molecule has 3 aromatic rings. The second-order valence-corrected chi connectivity index (χ2v) is 6.05. The van der Waals surface area contributed by atoms with Crippen LogP contribution in [0.5, 0.6) is 0 Å². The maximum atomic E-state index is 6.33. The molecule has 0 saturated heterocycles. The van der Waals surface area contributed by atoms with Crippen LogP contribution in [0.3, 0.4) is 0 Å². The van der Waals surface area contributed by atoms with Gasteiger partial charge >= 0.3 is 0 Å². The largest absolute Gasteiger partial charge is 0.359 e. The summed E-state index contributed by atoms with van der Waals surface area (Å²) >= 11 is 6.33. The predicted octanol–water partition coefficient (Wildman–Crippen LogP) is 5.19. The zero-order chi connectivity index (χ0) is 16.2. The van der Waals surface area contributed by atoms with Crippen LogP contribution < -0.4 is 4.90 Å². The molecule has 0 aliphatic rings. The maximum Gasteiger partial charge on any atom is 0.163 e. The van der Waals surface area contributed by atoms with E-state index in [1.807, 2.05) is 42.5 Å². The molecular formula is C19H20ClN3. The molecule has 3 rings (SSSR count). The van der Waals surface area contributed by atoms with Crippen LogP contribution in [0.1, 0.15) is 19.8 Å². The van der Waals surface area contributed by atoms with Crippen LogP contribution in [0.25, 0.3) is 22.3 Å². The van der Waals surface area contributed by atoms with Crippen molar-refractivity contribution in [1.82, 2.24) is 9.97 Å².